The summed E-state index contributed by atoms with van der Waals surface area (Å²) in [5, 5.41) is 0.0861. The molecule has 1 aromatic heterocycles. The molecule has 102 valence electrons. The molecule has 0 atom stereocenters. The minimum Gasteiger partial charge on any atom is -0.381 e. The summed E-state index contributed by atoms with van der Waals surface area (Å²) in [6, 6.07) is 0. The van der Waals surface area contributed by atoms with Crippen molar-refractivity contribution >= 4 is 15.8 Å². The third kappa shape index (κ3) is 2.37. The van der Waals surface area contributed by atoms with Crippen LogP contribution in [0, 0.1) is 5.92 Å². The lowest BCUT2D eigenvalue weighted by Gasteiger charge is -2.20. The Morgan fingerprint density at radius 1 is 1.50 bits per heavy atom. The van der Waals surface area contributed by atoms with E-state index in [1.807, 2.05) is 0 Å². The van der Waals surface area contributed by atoms with E-state index >= 15 is 0 Å². The fourth-order valence-corrected chi connectivity index (χ4v) is 3.98. The standard InChI is InChI=1S/C11H20N4O2S/c1-14-8-13-10(12)11(14)18(16,17)15(2)7-9-5-3-4-6-9/h8-9H,3-7,12H2,1-2H3. The minimum atomic E-state index is -3.54. The molecule has 2 rings (SSSR count). The van der Waals surface area contributed by atoms with Crippen molar-refractivity contribution in [1.29, 1.82) is 0 Å². The van der Waals surface area contributed by atoms with E-state index in [2.05, 4.69) is 4.98 Å². The van der Waals surface area contributed by atoms with E-state index in [9.17, 15) is 8.42 Å². The number of rotatable bonds is 4. The number of aromatic nitrogens is 2. The number of aryl methyl sites for hydroxylation is 1. The van der Waals surface area contributed by atoms with Crippen LogP contribution in [-0.2, 0) is 17.1 Å². The molecule has 0 aliphatic heterocycles. The van der Waals surface area contributed by atoms with Crippen molar-refractivity contribution in [2.24, 2.45) is 13.0 Å². The van der Waals surface area contributed by atoms with Crippen LogP contribution in [0.25, 0.3) is 0 Å². The highest BCUT2D eigenvalue weighted by Gasteiger charge is 2.29. The van der Waals surface area contributed by atoms with Crippen molar-refractivity contribution in [2.75, 3.05) is 19.3 Å². The van der Waals surface area contributed by atoms with Crippen LogP contribution >= 0.6 is 0 Å². The predicted octanol–water partition coefficient (Wildman–Crippen LogP) is 0.813. The molecule has 1 saturated carbocycles. The Hall–Kier alpha value is -1.08. The first-order valence-electron chi connectivity index (χ1n) is 6.16. The maximum absolute atomic E-state index is 12.4. The molecule has 0 radical (unpaired) electrons. The smallest absolute Gasteiger partial charge is 0.262 e. The van der Waals surface area contributed by atoms with Crippen LogP contribution in [-0.4, -0.2) is 35.9 Å². The van der Waals surface area contributed by atoms with E-state index in [0.29, 0.717) is 12.5 Å². The molecule has 1 aromatic rings. The van der Waals surface area contributed by atoms with Crippen molar-refractivity contribution in [1.82, 2.24) is 13.9 Å². The van der Waals surface area contributed by atoms with Crippen LogP contribution in [0.2, 0.25) is 0 Å². The molecular weight excluding hydrogens is 252 g/mol. The van der Waals surface area contributed by atoms with E-state index in [1.165, 1.54) is 28.0 Å². The highest BCUT2D eigenvalue weighted by Crippen LogP contribution is 2.27. The number of nitrogen functional groups attached to an aromatic ring is 1. The summed E-state index contributed by atoms with van der Waals surface area (Å²) in [5.74, 6) is 0.537. The highest BCUT2D eigenvalue weighted by atomic mass is 32.2. The van der Waals surface area contributed by atoms with Gasteiger partial charge in [-0.15, -0.1) is 0 Å². The van der Waals surface area contributed by atoms with Gasteiger partial charge in [0.15, 0.2) is 10.8 Å². The molecule has 2 N–H and O–H groups in total. The number of hydrogen-bond acceptors (Lipinski definition) is 4. The summed E-state index contributed by atoms with van der Waals surface area (Å²) in [4.78, 5) is 3.83. The Morgan fingerprint density at radius 2 is 2.11 bits per heavy atom. The van der Waals surface area contributed by atoms with E-state index in [4.69, 9.17) is 5.73 Å². The lowest BCUT2D eigenvalue weighted by molar-refractivity contribution is 0.385. The quantitative estimate of drug-likeness (QED) is 0.879. The molecule has 0 amide bonds. The summed E-state index contributed by atoms with van der Waals surface area (Å²) < 4.78 is 27.7. The molecule has 1 fully saturated rings. The summed E-state index contributed by atoms with van der Waals surface area (Å²) >= 11 is 0. The Balaban J connectivity index is 2.20. The van der Waals surface area contributed by atoms with Crippen molar-refractivity contribution in [3.05, 3.63) is 6.33 Å². The Labute approximate surface area is 108 Å². The SMILES string of the molecule is CN(CC1CCCC1)S(=O)(=O)c1c(N)ncn1C. The van der Waals surface area contributed by atoms with Gasteiger partial charge < -0.3 is 10.3 Å². The molecule has 0 unspecified atom stereocenters. The molecule has 1 aliphatic carbocycles. The molecule has 0 saturated heterocycles. The van der Waals surface area contributed by atoms with Gasteiger partial charge in [-0.25, -0.2) is 13.4 Å². The van der Waals surface area contributed by atoms with Gasteiger partial charge in [-0.2, -0.15) is 4.31 Å². The second-order valence-electron chi connectivity index (χ2n) is 4.98. The molecule has 1 heterocycles. The first-order chi connectivity index (χ1) is 8.43. The summed E-state index contributed by atoms with van der Waals surface area (Å²) in [5.41, 5.74) is 5.64. The van der Waals surface area contributed by atoms with Crippen molar-refractivity contribution < 1.29 is 8.42 Å². The van der Waals surface area contributed by atoms with Gasteiger partial charge in [-0.1, -0.05) is 12.8 Å². The topological polar surface area (TPSA) is 81.2 Å². The highest BCUT2D eigenvalue weighted by molar-refractivity contribution is 7.89. The van der Waals surface area contributed by atoms with Crippen LogP contribution in [0.1, 0.15) is 25.7 Å². The number of nitrogens with two attached hydrogens (primary N) is 1. The first kappa shape index (κ1) is 13.4. The van der Waals surface area contributed by atoms with Gasteiger partial charge >= 0.3 is 0 Å². The van der Waals surface area contributed by atoms with Gasteiger partial charge in [0, 0.05) is 20.6 Å². The van der Waals surface area contributed by atoms with Crippen LogP contribution in [0.5, 0.6) is 0 Å². The molecule has 0 bridgehead atoms. The Kier molecular flexibility index (Phi) is 3.63. The molecule has 0 spiro atoms. The monoisotopic (exact) mass is 272 g/mol. The zero-order chi connectivity index (χ0) is 13.3. The van der Waals surface area contributed by atoms with Gasteiger partial charge in [0.05, 0.1) is 6.33 Å². The molecule has 0 aromatic carbocycles. The fraction of sp³-hybridized carbons (Fsp3) is 0.727. The van der Waals surface area contributed by atoms with E-state index in [1.54, 1.807) is 14.1 Å². The average Bonchev–Trinajstić information content (AvgIpc) is 2.89. The number of anilines is 1. The maximum Gasteiger partial charge on any atom is 0.262 e. The largest absolute Gasteiger partial charge is 0.381 e. The molecular formula is C11H20N4O2S. The summed E-state index contributed by atoms with van der Waals surface area (Å²) in [7, 11) is -0.286. The van der Waals surface area contributed by atoms with Gasteiger partial charge in [0.2, 0.25) is 0 Å². The minimum absolute atomic E-state index is 0.0655. The third-order valence-corrected chi connectivity index (χ3v) is 5.51. The van der Waals surface area contributed by atoms with Gasteiger partial charge in [-0.05, 0) is 18.8 Å². The van der Waals surface area contributed by atoms with E-state index in [0.717, 1.165) is 12.8 Å². The predicted molar refractivity (Wildman–Crippen MR) is 69.4 cm³/mol. The van der Waals surface area contributed by atoms with Crippen LogP contribution in [0.15, 0.2) is 11.4 Å². The lowest BCUT2D eigenvalue weighted by Crippen LogP contribution is -2.32. The Morgan fingerprint density at radius 3 is 2.61 bits per heavy atom. The van der Waals surface area contributed by atoms with Crippen molar-refractivity contribution in [2.45, 2.75) is 30.7 Å². The summed E-state index contributed by atoms with van der Waals surface area (Å²) in [6.07, 6.45) is 6.05. The van der Waals surface area contributed by atoms with Crippen LogP contribution in [0.4, 0.5) is 5.82 Å². The van der Waals surface area contributed by atoms with E-state index in [-0.39, 0.29) is 10.8 Å². The first-order valence-corrected chi connectivity index (χ1v) is 7.60. The fourth-order valence-electron chi connectivity index (χ4n) is 2.55. The zero-order valence-electron chi connectivity index (χ0n) is 10.8. The number of sulfonamides is 1. The third-order valence-electron chi connectivity index (χ3n) is 3.55. The van der Waals surface area contributed by atoms with Gasteiger partial charge in [0.25, 0.3) is 10.0 Å². The normalized spacial score (nSPS) is 17.7. The second kappa shape index (κ2) is 4.89. The van der Waals surface area contributed by atoms with E-state index < -0.39 is 10.0 Å². The van der Waals surface area contributed by atoms with Crippen molar-refractivity contribution in [3.63, 3.8) is 0 Å². The van der Waals surface area contributed by atoms with Gasteiger partial charge in [-0.3, -0.25) is 0 Å². The summed E-state index contributed by atoms with van der Waals surface area (Å²) in [6.45, 7) is 0.562. The number of nitrogens with zero attached hydrogens (tertiary/aromatic N) is 3. The molecule has 18 heavy (non-hydrogen) atoms. The second-order valence-corrected chi connectivity index (χ2v) is 6.94. The van der Waals surface area contributed by atoms with Crippen LogP contribution < -0.4 is 5.73 Å². The molecule has 6 nitrogen and oxygen atoms in total. The Bertz CT molecular complexity index is 498. The number of imidazole rings is 1. The van der Waals surface area contributed by atoms with Crippen molar-refractivity contribution in [3.8, 4) is 0 Å². The maximum atomic E-state index is 12.4. The molecule has 7 heteroatoms. The molecule has 1 aliphatic rings. The number of hydrogen-bond donors (Lipinski definition) is 1. The van der Waals surface area contributed by atoms with Gasteiger partial charge in [0.1, 0.15) is 0 Å². The average molecular weight is 272 g/mol. The van der Waals surface area contributed by atoms with Crippen LogP contribution in [0.3, 0.4) is 0 Å². The lowest BCUT2D eigenvalue weighted by atomic mass is 10.1. The zero-order valence-corrected chi connectivity index (χ0v) is 11.7.